The summed E-state index contributed by atoms with van der Waals surface area (Å²) in [6.45, 7) is 12.5. The summed E-state index contributed by atoms with van der Waals surface area (Å²) in [6.07, 6.45) is 7.26. The highest BCUT2D eigenvalue weighted by Gasteiger charge is 2.28. The van der Waals surface area contributed by atoms with Gasteiger partial charge in [0, 0.05) is 55.3 Å². The van der Waals surface area contributed by atoms with Crippen molar-refractivity contribution in [2.45, 2.75) is 71.8 Å². The second kappa shape index (κ2) is 16.7. The average Bonchev–Trinajstić information content (AvgIpc) is 3.82. The standard InChI is InChI=1S/C41H47ClN4O4/c1-28-33(9-6-10-35(28)36-11-7-12-39(29(36)2)48-18-8-16-45-14-4-5-15-45)27-50-41-21-40(49-26-32-19-31(22-43)23-44-24-32)37(20-38(41)42)30(3)46-17-13-34(47)25-46/h6-7,9-12,19-21,23-24,30,34,47H,4-5,8,13-18,25-27H2,1-3H3. The van der Waals surface area contributed by atoms with Crippen molar-refractivity contribution in [1.29, 1.82) is 5.26 Å². The Morgan fingerprint density at radius 1 is 0.920 bits per heavy atom. The highest BCUT2D eigenvalue weighted by atomic mass is 35.5. The zero-order chi connectivity index (χ0) is 35.0. The molecule has 8 nitrogen and oxygen atoms in total. The van der Waals surface area contributed by atoms with Crippen molar-refractivity contribution in [1.82, 2.24) is 14.8 Å². The highest BCUT2D eigenvalue weighted by Crippen LogP contribution is 2.40. The average molecular weight is 695 g/mol. The smallest absolute Gasteiger partial charge is 0.142 e. The lowest BCUT2D eigenvalue weighted by Gasteiger charge is -2.27. The van der Waals surface area contributed by atoms with Gasteiger partial charge in [-0.15, -0.1) is 0 Å². The summed E-state index contributed by atoms with van der Waals surface area (Å²) in [4.78, 5) is 8.93. The molecule has 0 saturated carbocycles. The van der Waals surface area contributed by atoms with Crippen molar-refractivity contribution < 1.29 is 19.3 Å². The zero-order valence-electron chi connectivity index (χ0n) is 29.3. The van der Waals surface area contributed by atoms with Crippen LogP contribution in [-0.4, -0.2) is 65.3 Å². The first kappa shape index (κ1) is 35.7. The molecule has 0 aliphatic carbocycles. The molecule has 262 valence electrons. The number of halogens is 1. The molecule has 2 aliphatic heterocycles. The normalized spacial score (nSPS) is 17.1. The van der Waals surface area contributed by atoms with E-state index in [2.05, 4.69) is 78.0 Å². The van der Waals surface area contributed by atoms with Crippen molar-refractivity contribution in [2.75, 3.05) is 39.3 Å². The summed E-state index contributed by atoms with van der Waals surface area (Å²) < 4.78 is 19.1. The third-order valence-electron chi connectivity index (χ3n) is 10.1. The molecule has 2 atom stereocenters. The third-order valence-corrected chi connectivity index (χ3v) is 10.3. The van der Waals surface area contributed by atoms with Gasteiger partial charge in [0.15, 0.2) is 0 Å². The van der Waals surface area contributed by atoms with Gasteiger partial charge < -0.3 is 24.2 Å². The molecule has 0 radical (unpaired) electrons. The Morgan fingerprint density at radius 3 is 2.44 bits per heavy atom. The van der Waals surface area contributed by atoms with Gasteiger partial charge in [-0.05, 0) is 106 Å². The van der Waals surface area contributed by atoms with E-state index in [4.69, 9.17) is 25.8 Å². The molecule has 2 unspecified atom stereocenters. The number of nitrogens with zero attached hydrogens (tertiary/aromatic N) is 4. The van der Waals surface area contributed by atoms with Crippen molar-refractivity contribution in [2.24, 2.45) is 0 Å². The maximum absolute atomic E-state index is 10.2. The Labute approximate surface area is 301 Å². The van der Waals surface area contributed by atoms with Crippen LogP contribution >= 0.6 is 11.6 Å². The van der Waals surface area contributed by atoms with Crippen molar-refractivity contribution >= 4 is 11.6 Å². The van der Waals surface area contributed by atoms with Gasteiger partial charge in [-0.3, -0.25) is 9.88 Å². The van der Waals surface area contributed by atoms with Crippen LogP contribution in [0.15, 0.2) is 67.0 Å². The lowest BCUT2D eigenvalue weighted by atomic mass is 9.93. The molecule has 3 aromatic carbocycles. The van der Waals surface area contributed by atoms with E-state index < -0.39 is 0 Å². The maximum atomic E-state index is 10.2. The van der Waals surface area contributed by atoms with Gasteiger partial charge in [-0.1, -0.05) is 41.9 Å². The molecule has 3 heterocycles. The molecule has 0 bridgehead atoms. The highest BCUT2D eigenvalue weighted by molar-refractivity contribution is 6.32. The third kappa shape index (κ3) is 8.59. The summed E-state index contributed by atoms with van der Waals surface area (Å²) in [6, 6.07) is 20.2. The molecule has 1 N–H and O–H groups in total. The number of benzene rings is 3. The molecular formula is C41H47ClN4O4. The Kier molecular flexibility index (Phi) is 11.9. The number of pyridine rings is 1. The lowest BCUT2D eigenvalue weighted by Crippen LogP contribution is -2.26. The SMILES string of the molecule is Cc1c(COc2cc(OCc3cncc(C#N)c3)c(C(C)N3CCC(O)C3)cc2Cl)cccc1-c1cccc(OCCCN2CCCC2)c1C. The van der Waals surface area contributed by atoms with E-state index >= 15 is 0 Å². The number of aliphatic hydroxyl groups excluding tert-OH is 1. The van der Waals surface area contributed by atoms with Gasteiger partial charge in [0.1, 0.15) is 36.5 Å². The molecule has 1 aromatic heterocycles. The first-order valence-corrected chi connectivity index (χ1v) is 18.1. The number of likely N-dealkylation sites (tertiary alicyclic amines) is 2. The summed E-state index contributed by atoms with van der Waals surface area (Å²) in [5, 5.41) is 20.0. The molecule has 50 heavy (non-hydrogen) atoms. The topological polar surface area (TPSA) is 91.1 Å². The van der Waals surface area contributed by atoms with Gasteiger partial charge in [0.2, 0.25) is 0 Å². The number of hydrogen-bond acceptors (Lipinski definition) is 8. The van der Waals surface area contributed by atoms with E-state index in [0.717, 1.165) is 70.6 Å². The maximum Gasteiger partial charge on any atom is 0.142 e. The molecule has 2 saturated heterocycles. The predicted octanol–water partition coefficient (Wildman–Crippen LogP) is 8.04. The number of nitriles is 1. The fourth-order valence-electron chi connectivity index (χ4n) is 7.04. The minimum atomic E-state index is -0.345. The minimum Gasteiger partial charge on any atom is -0.493 e. The largest absolute Gasteiger partial charge is 0.493 e. The molecule has 9 heteroatoms. The van der Waals surface area contributed by atoms with Crippen LogP contribution in [0.5, 0.6) is 17.2 Å². The molecule has 2 aliphatic rings. The Hall–Kier alpha value is -4.13. The van der Waals surface area contributed by atoms with Crippen LogP contribution in [-0.2, 0) is 13.2 Å². The summed E-state index contributed by atoms with van der Waals surface area (Å²) in [7, 11) is 0. The molecule has 4 aromatic rings. The fourth-order valence-corrected chi connectivity index (χ4v) is 7.27. The second-order valence-electron chi connectivity index (χ2n) is 13.5. The number of aliphatic hydroxyl groups is 1. The van der Waals surface area contributed by atoms with E-state index in [1.807, 2.05) is 12.1 Å². The van der Waals surface area contributed by atoms with Crippen LogP contribution in [0.25, 0.3) is 11.1 Å². The van der Waals surface area contributed by atoms with Crippen LogP contribution in [0.2, 0.25) is 5.02 Å². The van der Waals surface area contributed by atoms with Crippen LogP contribution in [0.4, 0.5) is 0 Å². The molecule has 2 fully saturated rings. The molecular weight excluding hydrogens is 648 g/mol. The quantitative estimate of drug-likeness (QED) is 0.133. The zero-order valence-corrected chi connectivity index (χ0v) is 30.1. The Morgan fingerprint density at radius 2 is 1.68 bits per heavy atom. The van der Waals surface area contributed by atoms with E-state index in [1.54, 1.807) is 12.3 Å². The van der Waals surface area contributed by atoms with Crippen LogP contribution in [0.3, 0.4) is 0 Å². The van der Waals surface area contributed by atoms with Gasteiger partial charge in [0.05, 0.1) is 23.3 Å². The number of hydrogen-bond donors (Lipinski definition) is 1. The summed E-state index contributed by atoms with van der Waals surface area (Å²) >= 11 is 6.89. The monoisotopic (exact) mass is 694 g/mol. The van der Waals surface area contributed by atoms with Crippen molar-refractivity contribution in [3.05, 3.63) is 105 Å². The molecule has 0 amide bonds. The molecule has 0 spiro atoms. The number of aromatic nitrogens is 1. The lowest BCUT2D eigenvalue weighted by molar-refractivity contribution is 0.161. The van der Waals surface area contributed by atoms with Gasteiger partial charge in [0.25, 0.3) is 0 Å². The van der Waals surface area contributed by atoms with Crippen molar-refractivity contribution in [3.63, 3.8) is 0 Å². The molecule has 6 rings (SSSR count). The van der Waals surface area contributed by atoms with E-state index in [0.29, 0.717) is 41.8 Å². The van der Waals surface area contributed by atoms with Gasteiger partial charge in [-0.2, -0.15) is 5.26 Å². The van der Waals surface area contributed by atoms with Crippen LogP contribution in [0.1, 0.15) is 72.0 Å². The number of rotatable bonds is 14. The van der Waals surface area contributed by atoms with E-state index in [9.17, 15) is 10.4 Å². The van der Waals surface area contributed by atoms with Gasteiger partial charge >= 0.3 is 0 Å². The summed E-state index contributed by atoms with van der Waals surface area (Å²) in [5.41, 5.74) is 7.79. The van der Waals surface area contributed by atoms with Gasteiger partial charge in [-0.25, -0.2) is 0 Å². The van der Waals surface area contributed by atoms with Crippen molar-refractivity contribution in [3.8, 4) is 34.4 Å². The second-order valence-corrected chi connectivity index (χ2v) is 13.9. The predicted molar refractivity (Wildman–Crippen MR) is 197 cm³/mol. The minimum absolute atomic E-state index is 0.0377. The first-order chi connectivity index (χ1) is 24.3. The number of ether oxygens (including phenoxy) is 3. The summed E-state index contributed by atoms with van der Waals surface area (Å²) in [5.74, 6) is 2.09. The van der Waals surface area contributed by atoms with E-state index in [1.165, 1.54) is 32.1 Å². The van der Waals surface area contributed by atoms with Crippen LogP contribution in [0, 0.1) is 25.2 Å². The Balaban J connectivity index is 1.19. The fraction of sp³-hybridized carbons (Fsp3) is 0.415. The number of β-amino-alcohol motifs (C(OH)–C–C–N with tert-alkyl or cyclic N) is 1. The van der Waals surface area contributed by atoms with Crippen LogP contribution < -0.4 is 14.2 Å². The Bertz CT molecular complexity index is 1820. The van der Waals surface area contributed by atoms with E-state index in [-0.39, 0.29) is 18.8 Å². The first-order valence-electron chi connectivity index (χ1n) is 17.7.